The third-order valence-electron chi connectivity index (χ3n) is 3.71. The largest absolute Gasteiger partial charge is 0.349 e. The molecule has 3 rings (SSSR count). The lowest BCUT2D eigenvalue weighted by molar-refractivity contribution is 0.0933. The number of carbonyl (C=O) groups is 1. The zero-order valence-corrected chi connectivity index (χ0v) is 15.4. The van der Waals surface area contributed by atoms with Crippen LogP contribution in [0.4, 0.5) is 0 Å². The van der Waals surface area contributed by atoms with Crippen LogP contribution in [0.15, 0.2) is 30.3 Å². The van der Waals surface area contributed by atoms with Crippen LogP contribution in [-0.4, -0.2) is 25.0 Å². The second kappa shape index (κ2) is 8.36. The number of hydrogen-bond donors (Lipinski definition) is 2. The van der Waals surface area contributed by atoms with Crippen molar-refractivity contribution in [1.82, 2.24) is 10.6 Å². The van der Waals surface area contributed by atoms with Crippen LogP contribution in [0.5, 0.6) is 0 Å². The Kier molecular flexibility index (Phi) is 6.74. The van der Waals surface area contributed by atoms with Crippen molar-refractivity contribution in [3.63, 3.8) is 0 Å². The molecule has 0 spiro atoms. The second-order valence-electron chi connectivity index (χ2n) is 5.29. The minimum atomic E-state index is 0. The van der Waals surface area contributed by atoms with E-state index in [0.717, 1.165) is 41.2 Å². The summed E-state index contributed by atoms with van der Waals surface area (Å²) in [5, 5.41) is 7.45. The first-order valence-electron chi connectivity index (χ1n) is 7.20. The Balaban J connectivity index is 0.00000192. The summed E-state index contributed by atoms with van der Waals surface area (Å²) in [4.78, 5) is 14.0. The van der Waals surface area contributed by atoms with E-state index < -0.39 is 0 Å². The molecule has 7 heteroatoms. The SMILES string of the molecule is Cl.O=C(NC1CCNCC1)c1ccc(-c2ccc(Cl)c(Cl)c2)s1. The minimum absolute atomic E-state index is 0. The van der Waals surface area contributed by atoms with Gasteiger partial charge in [-0.25, -0.2) is 0 Å². The zero-order chi connectivity index (χ0) is 15.5. The lowest BCUT2D eigenvalue weighted by Gasteiger charge is -2.23. The summed E-state index contributed by atoms with van der Waals surface area (Å²) in [6, 6.07) is 9.58. The summed E-state index contributed by atoms with van der Waals surface area (Å²) in [5.74, 6) is 0.00297. The Morgan fingerprint density at radius 1 is 1.13 bits per heavy atom. The van der Waals surface area contributed by atoms with Crippen molar-refractivity contribution in [2.24, 2.45) is 0 Å². The molecule has 0 radical (unpaired) electrons. The smallest absolute Gasteiger partial charge is 0.261 e. The van der Waals surface area contributed by atoms with Gasteiger partial charge in [0, 0.05) is 10.9 Å². The number of carbonyl (C=O) groups excluding carboxylic acids is 1. The molecule has 1 saturated heterocycles. The van der Waals surface area contributed by atoms with Crippen molar-refractivity contribution >= 4 is 52.9 Å². The predicted octanol–water partition coefficient (Wildman–Crippen LogP) is 4.63. The van der Waals surface area contributed by atoms with Gasteiger partial charge in [0.05, 0.1) is 14.9 Å². The molecule has 0 saturated carbocycles. The van der Waals surface area contributed by atoms with Gasteiger partial charge in [-0.1, -0.05) is 29.3 Å². The molecule has 2 heterocycles. The van der Waals surface area contributed by atoms with Gasteiger partial charge in [0.1, 0.15) is 0 Å². The van der Waals surface area contributed by atoms with Crippen molar-refractivity contribution in [2.75, 3.05) is 13.1 Å². The molecule has 0 bridgehead atoms. The molecule has 1 amide bonds. The van der Waals surface area contributed by atoms with Crippen molar-refractivity contribution in [2.45, 2.75) is 18.9 Å². The third kappa shape index (κ3) is 4.61. The van der Waals surface area contributed by atoms with Crippen molar-refractivity contribution < 1.29 is 4.79 Å². The Morgan fingerprint density at radius 2 is 1.87 bits per heavy atom. The fourth-order valence-electron chi connectivity index (χ4n) is 2.49. The van der Waals surface area contributed by atoms with Crippen molar-refractivity contribution in [3.8, 4) is 10.4 Å². The van der Waals surface area contributed by atoms with E-state index in [-0.39, 0.29) is 24.4 Å². The van der Waals surface area contributed by atoms with Gasteiger partial charge in [-0.3, -0.25) is 4.79 Å². The normalized spacial score (nSPS) is 15.0. The molecule has 2 aromatic rings. The van der Waals surface area contributed by atoms with Gasteiger partial charge < -0.3 is 10.6 Å². The number of hydrogen-bond acceptors (Lipinski definition) is 3. The summed E-state index contributed by atoms with van der Waals surface area (Å²) in [5.41, 5.74) is 0.973. The molecular formula is C16H17Cl3N2OS. The molecule has 0 atom stereocenters. The van der Waals surface area contributed by atoms with Crippen LogP contribution in [0.3, 0.4) is 0 Å². The molecule has 1 aliphatic heterocycles. The maximum absolute atomic E-state index is 12.3. The second-order valence-corrected chi connectivity index (χ2v) is 7.19. The number of thiophene rings is 1. The monoisotopic (exact) mass is 390 g/mol. The van der Waals surface area contributed by atoms with Crippen LogP contribution in [0, 0.1) is 0 Å². The van der Waals surface area contributed by atoms with E-state index >= 15 is 0 Å². The van der Waals surface area contributed by atoms with Gasteiger partial charge in [0.2, 0.25) is 0 Å². The lowest BCUT2D eigenvalue weighted by Crippen LogP contribution is -2.42. The summed E-state index contributed by atoms with van der Waals surface area (Å²) in [7, 11) is 0. The highest BCUT2D eigenvalue weighted by Gasteiger charge is 2.17. The minimum Gasteiger partial charge on any atom is -0.349 e. The van der Waals surface area contributed by atoms with Crippen molar-refractivity contribution in [1.29, 1.82) is 0 Å². The molecule has 1 fully saturated rings. The summed E-state index contributed by atoms with van der Waals surface area (Å²) in [6.07, 6.45) is 1.97. The maximum atomic E-state index is 12.3. The van der Waals surface area contributed by atoms with Crippen molar-refractivity contribution in [3.05, 3.63) is 45.3 Å². The maximum Gasteiger partial charge on any atom is 0.261 e. The standard InChI is InChI=1S/C16H16Cl2N2OS.ClH/c17-12-2-1-10(9-13(12)18)14-3-4-15(22-14)16(21)20-11-5-7-19-8-6-11;/h1-4,9,11,19H,5-8H2,(H,20,21);1H. The first-order valence-corrected chi connectivity index (χ1v) is 8.77. The quantitative estimate of drug-likeness (QED) is 0.801. The van der Waals surface area contributed by atoms with E-state index in [9.17, 15) is 4.79 Å². The molecule has 0 aliphatic carbocycles. The molecule has 1 aromatic carbocycles. The molecule has 1 aromatic heterocycles. The first-order chi connectivity index (χ1) is 10.6. The van der Waals surface area contributed by atoms with Crippen LogP contribution in [-0.2, 0) is 0 Å². The Morgan fingerprint density at radius 3 is 2.57 bits per heavy atom. The highest BCUT2D eigenvalue weighted by molar-refractivity contribution is 7.17. The van der Waals surface area contributed by atoms with E-state index in [0.29, 0.717) is 10.0 Å². The van der Waals surface area contributed by atoms with Crippen LogP contribution in [0.1, 0.15) is 22.5 Å². The molecule has 2 N–H and O–H groups in total. The molecule has 3 nitrogen and oxygen atoms in total. The summed E-state index contributed by atoms with van der Waals surface area (Å²) in [6.45, 7) is 1.92. The first kappa shape index (κ1) is 18.6. The zero-order valence-electron chi connectivity index (χ0n) is 12.3. The molecule has 124 valence electrons. The van der Waals surface area contributed by atoms with Crippen LogP contribution in [0.25, 0.3) is 10.4 Å². The van der Waals surface area contributed by atoms with E-state index in [1.165, 1.54) is 11.3 Å². The average Bonchev–Trinajstić information content (AvgIpc) is 3.01. The number of piperidine rings is 1. The fourth-order valence-corrected chi connectivity index (χ4v) is 3.69. The Labute approximate surface area is 155 Å². The molecule has 0 unspecified atom stereocenters. The summed E-state index contributed by atoms with van der Waals surface area (Å²) < 4.78 is 0. The number of rotatable bonds is 3. The number of nitrogens with one attached hydrogen (secondary N) is 2. The van der Waals surface area contributed by atoms with E-state index in [2.05, 4.69) is 10.6 Å². The lowest BCUT2D eigenvalue weighted by atomic mass is 10.1. The van der Waals surface area contributed by atoms with Gasteiger partial charge in [-0.2, -0.15) is 0 Å². The molecule has 23 heavy (non-hydrogen) atoms. The van der Waals surface area contributed by atoms with Crippen LogP contribution < -0.4 is 10.6 Å². The topological polar surface area (TPSA) is 41.1 Å². The van der Waals surface area contributed by atoms with Gasteiger partial charge in [0.15, 0.2) is 0 Å². The Hall–Kier alpha value is -0.780. The molecule has 1 aliphatic rings. The average molecular weight is 392 g/mol. The number of amides is 1. The third-order valence-corrected chi connectivity index (χ3v) is 5.58. The van der Waals surface area contributed by atoms with Gasteiger partial charge in [-0.05, 0) is 55.8 Å². The van der Waals surface area contributed by atoms with E-state index in [1.807, 2.05) is 24.3 Å². The van der Waals surface area contributed by atoms with Gasteiger partial charge in [-0.15, -0.1) is 23.7 Å². The van der Waals surface area contributed by atoms with Gasteiger partial charge in [0.25, 0.3) is 5.91 Å². The fraction of sp³-hybridized carbons (Fsp3) is 0.312. The van der Waals surface area contributed by atoms with Crippen LogP contribution in [0.2, 0.25) is 10.0 Å². The molecular weight excluding hydrogens is 375 g/mol. The summed E-state index contributed by atoms with van der Waals surface area (Å²) >= 11 is 13.5. The highest BCUT2D eigenvalue weighted by Crippen LogP contribution is 2.32. The predicted molar refractivity (Wildman–Crippen MR) is 100 cm³/mol. The van der Waals surface area contributed by atoms with E-state index in [1.54, 1.807) is 6.07 Å². The van der Waals surface area contributed by atoms with Gasteiger partial charge >= 0.3 is 0 Å². The Bertz CT molecular complexity index is 684. The number of halogens is 3. The number of benzene rings is 1. The highest BCUT2D eigenvalue weighted by atomic mass is 35.5. The van der Waals surface area contributed by atoms with Crippen LogP contribution >= 0.6 is 46.9 Å². The van der Waals surface area contributed by atoms with E-state index in [4.69, 9.17) is 23.2 Å².